The number of halogens is 3. The van der Waals surface area contributed by atoms with Gasteiger partial charge in [-0.15, -0.1) is 0 Å². The Morgan fingerprint density at radius 1 is 1.22 bits per heavy atom. The van der Waals surface area contributed by atoms with Crippen LogP contribution in [0.25, 0.3) is 11.2 Å². The number of ether oxygens (including phenoxy) is 1. The Morgan fingerprint density at radius 3 is 2.47 bits per heavy atom. The standard InChI is InChI=1S/C18H30F3N6O4P/c1-4-5-6-7-8-17(32(28,29)30,11-18(19,20)21)31-10-9-27-12-23-13-14(26(2)3)24-16(22)25-15(13)27/h12H,4-11H2,1-3H3,(H2,22,24,25)(H2,28,29,30). The van der Waals surface area contributed by atoms with E-state index in [1.807, 2.05) is 6.92 Å². The maximum atomic E-state index is 13.3. The van der Waals surface area contributed by atoms with Crippen molar-refractivity contribution in [2.45, 2.75) is 63.5 Å². The molecule has 0 saturated carbocycles. The Bertz CT molecular complexity index is 949. The van der Waals surface area contributed by atoms with Crippen LogP contribution in [0.5, 0.6) is 0 Å². The third-order valence-corrected chi connectivity index (χ3v) is 6.59. The molecule has 2 aromatic heterocycles. The lowest BCUT2D eigenvalue weighted by Gasteiger charge is -2.35. The molecule has 0 radical (unpaired) electrons. The number of imidazole rings is 1. The maximum Gasteiger partial charge on any atom is 0.392 e. The summed E-state index contributed by atoms with van der Waals surface area (Å²) in [4.78, 5) is 33.8. The zero-order chi connectivity index (χ0) is 24.2. The third kappa shape index (κ3) is 6.53. The van der Waals surface area contributed by atoms with Crippen LogP contribution in [0, 0.1) is 0 Å². The van der Waals surface area contributed by atoms with Crippen LogP contribution in [0.2, 0.25) is 0 Å². The molecule has 4 N–H and O–H groups in total. The van der Waals surface area contributed by atoms with Crippen molar-refractivity contribution in [3.8, 4) is 0 Å². The molecule has 32 heavy (non-hydrogen) atoms. The van der Waals surface area contributed by atoms with Crippen LogP contribution in [0.1, 0.15) is 45.4 Å². The van der Waals surface area contributed by atoms with Crippen molar-refractivity contribution >= 4 is 30.5 Å². The normalized spacial score (nSPS) is 14.6. The van der Waals surface area contributed by atoms with Crippen molar-refractivity contribution in [2.75, 3.05) is 31.3 Å². The fourth-order valence-corrected chi connectivity index (χ4v) is 4.53. The predicted octanol–water partition coefficient (Wildman–Crippen LogP) is 3.29. The molecule has 10 nitrogen and oxygen atoms in total. The number of hydrogen-bond donors (Lipinski definition) is 3. The Morgan fingerprint density at radius 2 is 1.91 bits per heavy atom. The highest BCUT2D eigenvalue weighted by molar-refractivity contribution is 7.53. The van der Waals surface area contributed by atoms with Gasteiger partial charge in [-0.05, 0) is 12.8 Å². The minimum Gasteiger partial charge on any atom is -0.368 e. The Balaban J connectivity index is 2.26. The van der Waals surface area contributed by atoms with E-state index in [1.165, 1.54) is 10.9 Å². The molecule has 0 aliphatic rings. The van der Waals surface area contributed by atoms with E-state index in [0.717, 1.165) is 12.8 Å². The topological polar surface area (TPSA) is 140 Å². The van der Waals surface area contributed by atoms with Crippen LogP contribution in [0.4, 0.5) is 24.9 Å². The van der Waals surface area contributed by atoms with Gasteiger partial charge in [-0.2, -0.15) is 23.1 Å². The first-order chi connectivity index (χ1) is 14.8. The first-order valence-corrected chi connectivity index (χ1v) is 11.8. The maximum absolute atomic E-state index is 13.3. The summed E-state index contributed by atoms with van der Waals surface area (Å²) in [6, 6.07) is 0. The molecular formula is C18H30F3N6O4P. The minimum atomic E-state index is -5.25. The van der Waals surface area contributed by atoms with E-state index in [1.54, 1.807) is 19.0 Å². The molecule has 0 aliphatic carbocycles. The summed E-state index contributed by atoms with van der Waals surface area (Å²) in [5.74, 6) is 0.450. The third-order valence-electron chi connectivity index (χ3n) is 5.02. The SMILES string of the molecule is CCCCCCC(CC(F)(F)F)(OCCn1cnc2c(N(C)C)nc(N)nc21)P(=O)(O)O. The zero-order valence-electron chi connectivity index (χ0n) is 18.3. The van der Waals surface area contributed by atoms with E-state index in [0.29, 0.717) is 23.4 Å². The highest BCUT2D eigenvalue weighted by atomic mass is 31.2. The molecule has 14 heteroatoms. The van der Waals surface area contributed by atoms with E-state index in [4.69, 9.17) is 10.5 Å². The van der Waals surface area contributed by atoms with Gasteiger partial charge in [0.1, 0.15) is 0 Å². The molecule has 182 valence electrons. The monoisotopic (exact) mass is 482 g/mol. The fourth-order valence-electron chi connectivity index (χ4n) is 3.44. The largest absolute Gasteiger partial charge is 0.392 e. The van der Waals surface area contributed by atoms with Crippen molar-refractivity contribution in [1.82, 2.24) is 19.5 Å². The molecule has 0 aromatic carbocycles. The second-order valence-electron chi connectivity index (χ2n) is 7.85. The van der Waals surface area contributed by atoms with E-state index in [9.17, 15) is 27.5 Å². The number of hydrogen-bond acceptors (Lipinski definition) is 7. The van der Waals surface area contributed by atoms with Gasteiger partial charge in [0.2, 0.25) is 5.95 Å². The highest BCUT2D eigenvalue weighted by Crippen LogP contribution is 2.58. The van der Waals surface area contributed by atoms with Crippen LogP contribution in [-0.2, 0) is 15.8 Å². The average Bonchev–Trinajstić information content (AvgIpc) is 3.04. The predicted molar refractivity (Wildman–Crippen MR) is 114 cm³/mol. The lowest BCUT2D eigenvalue weighted by Crippen LogP contribution is -2.38. The Hall–Kier alpha value is -1.95. The molecule has 2 heterocycles. The number of unbranched alkanes of at least 4 members (excludes halogenated alkanes) is 3. The van der Waals surface area contributed by atoms with Gasteiger partial charge < -0.3 is 29.7 Å². The number of fused-ring (bicyclic) bond motifs is 1. The average molecular weight is 482 g/mol. The molecule has 2 rings (SSSR count). The molecule has 0 bridgehead atoms. The van der Waals surface area contributed by atoms with E-state index < -0.39 is 32.0 Å². The quantitative estimate of drug-likeness (QED) is 0.307. The number of nitrogen functional groups attached to an aromatic ring is 1. The van der Waals surface area contributed by atoms with Crippen molar-refractivity contribution in [3.63, 3.8) is 0 Å². The van der Waals surface area contributed by atoms with Crippen molar-refractivity contribution in [3.05, 3.63) is 6.33 Å². The van der Waals surface area contributed by atoms with Crippen LogP contribution >= 0.6 is 7.60 Å². The van der Waals surface area contributed by atoms with Crippen LogP contribution in [0.15, 0.2) is 6.33 Å². The van der Waals surface area contributed by atoms with E-state index in [2.05, 4.69) is 15.0 Å². The van der Waals surface area contributed by atoms with Gasteiger partial charge >= 0.3 is 13.8 Å². The lowest BCUT2D eigenvalue weighted by atomic mass is 10.1. The van der Waals surface area contributed by atoms with Gasteiger partial charge in [-0.3, -0.25) is 4.57 Å². The summed E-state index contributed by atoms with van der Waals surface area (Å²) in [6.07, 6.45) is -3.21. The van der Waals surface area contributed by atoms with Gasteiger partial charge in [0.25, 0.3) is 0 Å². The molecule has 0 fully saturated rings. The van der Waals surface area contributed by atoms with Crippen LogP contribution in [-0.4, -0.2) is 61.5 Å². The van der Waals surface area contributed by atoms with E-state index >= 15 is 0 Å². The minimum absolute atomic E-state index is 0.0126. The van der Waals surface area contributed by atoms with Crippen LogP contribution < -0.4 is 10.6 Å². The number of nitrogens with zero attached hydrogens (tertiary/aromatic N) is 5. The molecule has 1 unspecified atom stereocenters. The summed E-state index contributed by atoms with van der Waals surface area (Å²) in [7, 11) is -1.77. The molecule has 2 aromatic rings. The molecular weight excluding hydrogens is 452 g/mol. The second kappa shape index (κ2) is 10.3. The van der Waals surface area contributed by atoms with Crippen molar-refractivity contribution in [1.29, 1.82) is 0 Å². The smallest absolute Gasteiger partial charge is 0.368 e. The molecule has 1 atom stereocenters. The molecule has 0 saturated heterocycles. The summed E-state index contributed by atoms with van der Waals surface area (Å²) in [5.41, 5.74) is 6.51. The fraction of sp³-hybridized carbons (Fsp3) is 0.722. The molecule has 0 amide bonds. The second-order valence-corrected chi connectivity index (χ2v) is 9.75. The van der Waals surface area contributed by atoms with Gasteiger partial charge in [0.05, 0.1) is 19.4 Å². The van der Waals surface area contributed by atoms with Gasteiger partial charge in [-0.1, -0.05) is 26.2 Å². The zero-order valence-corrected chi connectivity index (χ0v) is 19.2. The first-order valence-electron chi connectivity index (χ1n) is 10.2. The van der Waals surface area contributed by atoms with Crippen molar-refractivity contribution in [2.24, 2.45) is 0 Å². The summed E-state index contributed by atoms with van der Waals surface area (Å²) in [6.45, 7) is 1.51. The number of anilines is 2. The summed E-state index contributed by atoms with van der Waals surface area (Å²) in [5, 5.41) is -2.64. The van der Waals surface area contributed by atoms with Gasteiger partial charge in [-0.25, -0.2) is 4.98 Å². The van der Waals surface area contributed by atoms with Gasteiger partial charge in [0, 0.05) is 20.6 Å². The summed E-state index contributed by atoms with van der Waals surface area (Å²) < 4.78 is 58.8. The Kier molecular flexibility index (Phi) is 8.49. The van der Waals surface area contributed by atoms with Crippen LogP contribution in [0.3, 0.4) is 0 Å². The number of aromatic nitrogens is 4. The number of alkyl halides is 3. The lowest BCUT2D eigenvalue weighted by molar-refractivity contribution is -0.175. The number of rotatable bonds is 12. The first kappa shape index (κ1) is 26.3. The Labute approximate surface area is 184 Å². The van der Waals surface area contributed by atoms with Gasteiger partial charge in [0.15, 0.2) is 22.3 Å². The van der Waals surface area contributed by atoms with E-state index in [-0.39, 0.29) is 25.5 Å². The van der Waals surface area contributed by atoms with Crippen molar-refractivity contribution < 1.29 is 32.3 Å². The highest BCUT2D eigenvalue weighted by Gasteiger charge is 2.54. The summed E-state index contributed by atoms with van der Waals surface area (Å²) >= 11 is 0. The molecule has 0 spiro atoms. The number of nitrogens with two attached hydrogens (primary N) is 1. The molecule has 0 aliphatic heterocycles.